The minimum absolute atomic E-state index is 0.246. The molecule has 236 valence electrons. The van der Waals surface area contributed by atoms with E-state index in [0.717, 1.165) is 31.0 Å². The Hall–Kier alpha value is -1.93. The van der Waals surface area contributed by atoms with Crippen molar-refractivity contribution in [1.82, 2.24) is 4.90 Å². The van der Waals surface area contributed by atoms with Gasteiger partial charge >= 0.3 is 12.1 Å². The summed E-state index contributed by atoms with van der Waals surface area (Å²) in [5.74, 6) is 1.96. The molecule has 0 spiro atoms. The number of halogens is 3. The average Bonchev–Trinajstić information content (AvgIpc) is 3.54. The number of alkyl halides is 3. The SMILES string of the molecule is CCCCCCCCCCN.O=C(O)C1=CC=CN(CC2C3CCC2CC3)C1SCCCc1cccc(C(F)(F)F)c1. The van der Waals surface area contributed by atoms with E-state index in [0.29, 0.717) is 35.6 Å². The number of thioether (sulfide) groups is 1. The maximum atomic E-state index is 12.9. The van der Waals surface area contributed by atoms with Crippen LogP contribution >= 0.6 is 11.8 Å². The van der Waals surface area contributed by atoms with Crippen molar-refractivity contribution in [2.24, 2.45) is 23.5 Å². The maximum absolute atomic E-state index is 12.9. The van der Waals surface area contributed by atoms with Crippen molar-refractivity contribution in [3.8, 4) is 0 Å². The Balaban J connectivity index is 0.000000375. The Kier molecular flexibility index (Phi) is 14.8. The zero-order chi connectivity index (χ0) is 30.4. The van der Waals surface area contributed by atoms with Gasteiger partial charge in [-0.05, 0) is 98.8 Å². The van der Waals surface area contributed by atoms with Gasteiger partial charge in [-0.1, -0.05) is 70.1 Å². The molecule has 0 aromatic heterocycles. The van der Waals surface area contributed by atoms with Gasteiger partial charge in [-0.25, -0.2) is 4.79 Å². The number of carbonyl (C=O) groups is 1. The first-order valence-electron chi connectivity index (χ1n) is 16.1. The Morgan fingerprint density at radius 1 is 1.00 bits per heavy atom. The molecule has 1 atom stereocenters. The van der Waals surface area contributed by atoms with E-state index < -0.39 is 17.7 Å². The average molecular weight is 609 g/mol. The van der Waals surface area contributed by atoms with Crippen LogP contribution in [0.3, 0.4) is 0 Å². The van der Waals surface area contributed by atoms with Gasteiger partial charge in [-0.2, -0.15) is 13.2 Å². The van der Waals surface area contributed by atoms with E-state index in [-0.39, 0.29) is 5.37 Å². The number of hydrogen-bond acceptors (Lipinski definition) is 4. The Bertz CT molecular complexity index is 985. The number of rotatable bonds is 16. The van der Waals surface area contributed by atoms with Crippen LogP contribution in [0.5, 0.6) is 0 Å². The van der Waals surface area contributed by atoms with Crippen LogP contribution in [-0.4, -0.2) is 40.2 Å². The standard InChI is InChI=1S/C24H28F3NO2S.C10H23N/c25-24(26,27)19-6-1-4-16(14-19)5-3-13-31-22-20(23(29)30)7-2-12-28(22)15-21-17-8-9-18(21)11-10-17;1-2-3-4-5-6-7-8-9-10-11/h1-2,4,6-7,12,14,17-18,21-22H,3,5,8-11,13,15H2,(H,29,30);2-11H2,1H3. The number of nitrogens with two attached hydrogens (primary N) is 1. The van der Waals surface area contributed by atoms with E-state index >= 15 is 0 Å². The monoisotopic (exact) mass is 608 g/mol. The minimum Gasteiger partial charge on any atom is -0.478 e. The Morgan fingerprint density at radius 3 is 2.24 bits per heavy atom. The molecule has 42 heavy (non-hydrogen) atoms. The van der Waals surface area contributed by atoms with E-state index in [2.05, 4.69) is 11.8 Å². The van der Waals surface area contributed by atoms with Crippen molar-refractivity contribution in [2.75, 3.05) is 18.8 Å². The number of aryl methyl sites for hydroxylation is 1. The van der Waals surface area contributed by atoms with E-state index in [4.69, 9.17) is 5.73 Å². The van der Waals surface area contributed by atoms with Crippen molar-refractivity contribution < 1.29 is 23.1 Å². The number of benzene rings is 1. The lowest BCUT2D eigenvalue weighted by molar-refractivity contribution is -0.137. The first kappa shape index (κ1) is 34.6. The van der Waals surface area contributed by atoms with Crippen LogP contribution in [-0.2, 0) is 17.4 Å². The fourth-order valence-corrected chi connectivity index (χ4v) is 7.94. The fourth-order valence-electron chi connectivity index (χ4n) is 6.70. The van der Waals surface area contributed by atoms with Crippen LogP contribution in [0.1, 0.15) is 102 Å². The first-order chi connectivity index (χ1) is 20.2. The van der Waals surface area contributed by atoms with Gasteiger partial charge in [-0.15, -0.1) is 11.8 Å². The lowest BCUT2D eigenvalue weighted by Crippen LogP contribution is -2.38. The number of allylic oxidation sites excluding steroid dienone is 2. The van der Waals surface area contributed by atoms with Gasteiger partial charge in [0.1, 0.15) is 5.37 Å². The summed E-state index contributed by atoms with van der Waals surface area (Å²) >= 11 is 1.58. The van der Waals surface area contributed by atoms with E-state index in [1.807, 2.05) is 12.3 Å². The maximum Gasteiger partial charge on any atom is 0.416 e. The molecule has 4 nitrogen and oxygen atoms in total. The van der Waals surface area contributed by atoms with Gasteiger partial charge < -0.3 is 15.7 Å². The molecule has 0 radical (unpaired) electrons. The molecule has 2 aliphatic carbocycles. The molecule has 1 heterocycles. The number of unbranched alkanes of at least 4 members (excludes halogenated alkanes) is 7. The van der Waals surface area contributed by atoms with Gasteiger partial charge in [-0.3, -0.25) is 0 Å². The molecule has 0 saturated heterocycles. The molecule has 1 aromatic carbocycles. The number of carboxylic acids is 1. The predicted octanol–water partition coefficient (Wildman–Crippen LogP) is 9.06. The van der Waals surface area contributed by atoms with Gasteiger partial charge in [0.2, 0.25) is 0 Å². The molecule has 4 rings (SSSR count). The molecule has 2 fully saturated rings. The molecule has 1 aromatic rings. The summed E-state index contributed by atoms with van der Waals surface area (Å²) in [6.45, 7) is 4.02. The molecule has 1 aliphatic heterocycles. The lowest BCUT2D eigenvalue weighted by Gasteiger charge is -2.35. The highest BCUT2D eigenvalue weighted by molar-refractivity contribution is 8.00. The zero-order valence-corrected chi connectivity index (χ0v) is 26.1. The van der Waals surface area contributed by atoms with Crippen molar-refractivity contribution >= 4 is 17.7 Å². The molecular formula is C34H51F3N2O2S. The number of fused-ring (bicyclic) bond motifs is 2. The van der Waals surface area contributed by atoms with Crippen molar-refractivity contribution in [1.29, 1.82) is 0 Å². The van der Waals surface area contributed by atoms with Gasteiger partial charge in [0, 0.05) is 12.7 Å². The Morgan fingerprint density at radius 2 is 1.64 bits per heavy atom. The van der Waals surface area contributed by atoms with Crippen LogP contribution in [0.15, 0.2) is 48.2 Å². The smallest absolute Gasteiger partial charge is 0.416 e. The van der Waals surface area contributed by atoms with Crippen LogP contribution in [0.4, 0.5) is 13.2 Å². The van der Waals surface area contributed by atoms with E-state index in [1.54, 1.807) is 23.9 Å². The summed E-state index contributed by atoms with van der Waals surface area (Å²) in [5, 5.41) is 9.45. The first-order valence-corrected chi connectivity index (χ1v) is 17.1. The number of hydrogen-bond donors (Lipinski definition) is 2. The molecule has 2 bridgehead atoms. The van der Waals surface area contributed by atoms with Gasteiger partial charge in [0.15, 0.2) is 0 Å². The second kappa shape index (κ2) is 18.0. The molecule has 1 unspecified atom stereocenters. The summed E-state index contributed by atoms with van der Waals surface area (Å²) in [6.07, 6.45) is 18.6. The minimum atomic E-state index is -4.33. The predicted molar refractivity (Wildman–Crippen MR) is 168 cm³/mol. The summed E-state index contributed by atoms with van der Waals surface area (Å²) in [6, 6.07) is 5.46. The van der Waals surface area contributed by atoms with Crippen molar-refractivity contribution in [3.05, 3.63) is 59.3 Å². The largest absolute Gasteiger partial charge is 0.478 e. The van der Waals surface area contributed by atoms with Crippen molar-refractivity contribution in [3.63, 3.8) is 0 Å². The third kappa shape index (κ3) is 11.0. The second-order valence-electron chi connectivity index (χ2n) is 12.1. The lowest BCUT2D eigenvalue weighted by atomic mass is 9.96. The molecular weight excluding hydrogens is 557 g/mol. The van der Waals surface area contributed by atoms with Crippen molar-refractivity contribution in [2.45, 2.75) is 108 Å². The van der Waals surface area contributed by atoms with Crippen LogP contribution in [0, 0.1) is 17.8 Å². The quantitative estimate of drug-likeness (QED) is 0.183. The molecule has 3 N–H and O–H groups in total. The highest BCUT2D eigenvalue weighted by atomic mass is 32.2. The molecule has 3 aliphatic rings. The highest BCUT2D eigenvalue weighted by Crippen LogP contribution is 2.50. The third-order valence-electron chi connectivity index (χ3n) is 9.01. The third-order valence-corrected chi connectivity index (χ3v) is 10.4. The summed E-state index contributed by atoms with van der Waals surface area (Å²) in [5.41, 5.74) is 5.81. The summed E-state index contributed by atoms with van der Waals surface area (Å²) in [7, 11) is 0. The zero-order valence-electron chi connectivity index (χ0n) is 25.3. The molecule has 0 amide bonds. The second-order valence-corrected chi connectivity index (χ2v) is 13.3. The topological polar surface area (TPSA) is 66.6 Å². The van der Waals surface area contributed by atoms with Crippen LogP contribution < -0.4 is 5.73 Å². The van der Waals surface area contributed by atoms with Crippen LogP contribution in [0.25, 0.3) is 0 Å². The number of nitrogens with zero attached hydrogens (tertiary/aromatic N) is 1. The van der Waals surface area contributed by atoms with Gasteiger partial charge in [0.25, 0.3) is 0 Å². The van der Waals surface area contributed by atoms with Gasteiger partial charge in [0.05, 0.1) is 11.1 Å². The molecule has 8 heteroatoms. The number of aliphatic carboxylic acids is 1. The Labute approximate surface area is 255 Å². The summed E-state index contributed by atoms with van der Waals surface area (Å²) < 4.78 is 38.7. The van der Waals surface area contributed by atoms with Crippen LogP contribution in [0.2, 0.25) is 0 Å². The summed E-state index contributed by atoms with van der Waals surface area (Å²) in [4.78, 5) is 14.0. The fraction of sp³-hybridized carbons (Fsp3) is 0.676. The normalized spacial score (nSPS) is 23.1. The number of carboxylic acid groups (broad SMARTS) is 1. The highest BCUT2D eigenvalue weighted by Gasteiger charge is 2.43. The van der Waals surface area contributed by atoms with E-state index in [9.17, 15) is 23.1 Å². The molecule has 2 saturated carbocycles. The van der Waals surface area contributed by atoms with E-state index in [1.165, 1.54) is 89.2 Å².